The lowest BCUT2D eigenvalue weighted by atomic mass is 10.2. The normalized spacial score (nSPS) is 18.4. The molecule has 3 heterocycles. The number of ether oxygens (including phenoxy) is 2. The number of rotatable bonds is 12. The molecule has 1 aliphatic rings. The maximum Gasteiger partial charge on any atom is 0.129 e. The van der Waals surface area contributed by atoms with Crippen molar-refractivity contribution in [3.63, 3.8) is 0 Å². The molecule has 28 heavy (non-hydrogen) atoms. The minimum Gasteiger partial charge on any atom is -0.467 e. The molecule has 0 saturated carbocycles. The molecule has 8 heteroatoms. The van der Waals surface area contributed by atoms with Crippen molar-refractivity contribution in [2.45, 2.75) is 25.4 Å². The Morgan fingerprint density at radius 2 is 1.21 bits per heavy atom. The molecule has 0 spiro atoms. The Kier molecular flexibility index (Phi) is 8.53. The predicted molar refractivity (Wildman–Crippen MR) is 102 cm³/mol. The van der Waals surface area contributed by atoms with Crippen LogP contribution in [0.2, 0.25) is 0 Å². The molecule has 2 N–H and O–H groups in total. The van der Waals surface area contributed by atoms with Crippen molar-refractivity contribution >= 4 is 0 Å². The topological polar surface area (TPSA) is 91.7 Å². The number of furan rings is 2. The summed E-state index contributed by atoms with van der Waals surface area (Å²) in [5, 5.41) is 20.3. The largest absolute Gasteiger partial charge is 0.467 e. The Balaban J connectivity index is 1.23. The number of hydrogen-bond acceptors (Lipinski definition) is 8. The summed E-state index contributed by atoms with van der Waals surface area (Å²) in [5.74, 6) is 1.51. The average molecular weight is 394 g/mol. The highest BCUT2D eigenvalue weighted by Crippen LogP contribution is 2.07. The maximum atomic E-state index is 10.1. The highest BCUT2D eigenvalue weighted by atomic mass is 16.5. The van der Waals surface area contributed by atoms with Crippen molar-refractivity contribution in [3.8, 4) is 0 Å². The molecule has 8 nitrogen and oxygen atoms in total. The van der Waals surface area contributed by atoms with Crippen LogP contribution in [0.5, 0.6) is 0 Å². The van der Waals surface area contributed by atoms with Crippen LogP contribution in [-0.4, -0.2) is 84.7 Å². The summed E-state index contributed by atoms with van der Waals surface area (Å²) >= 11 is 0. The van der Waals surface area contributed by atoms with Gasteiger partial charge in [0, 0.05) is 39.3 Å². The van der Waals surface area contributed by atoms with Crippen LogP contribution >= 0.6 is 0 Å². The van der Waals surface area contributed by atoms with Crippen LogP contribution in [-0.2, 0) is 22.7 Å². The summed E-state index contributed by atoms with van der Waals surface area (Å²) in [6.07, 6.45) is 2.16. The molecule has 0 aliphatic carbocycles. The zero-order chi connectivity index (χ0) is 19.6. The quantitative estimate of drug-likeness (QED) is 0.550. The van der Waals surface area contributed by atoms with Gasteiger partial charge in [-0.05, 0) is 24.3 Å². The van der Waals surface area contributed by atoms with Gasteiger partial charge in [-0.3, -0.25) is 9.80 Å². The van der Waals surface area contributed by atoms with Gasteiger partial charge >= 0.3 is 0 Å². The molecule has 1 fully saturated rings. The lowest BCUT2D eigenvalue weighted by Crippen LogP contribution is -2.51. The van der Waals surface area contributed by atoms with Gasteiger partial charge in [-0.2, -0.15) is 0 Å². The zero-order valence-corrected chi connectivity index (χ0v) is 16.1. The van der Waals surface area contributed by atoms with Crippen LogP contribution in [0, 0.1) is 0 Å². The van der Waals surface area contributed by atoms with Gasteiger partial charge in [0.15, 0.2) is 0 Å². The Labute approximate surface area is 165 Å². The van der Waals surface area contributed by atoms with Crippen LogP contribution in [0.15, 0.2) is 45.6 Å². The molecule has 0 bridgehead atoms. The second kappa shape index (κ2) is 11.4. The molecule has 0 unspecified atom stereocenters. The van der Waals surface area contributed by atoms with Gasteiger partial charge in [0.25, 0.3) is 0 Å². The third kappa shape index (κ3) is 7.38. The SMILES string of the molecule is O[C@H](COCc1ccco1)CN1CCN(C[C@@H](O)COCc2ccco2)CC1. The third-order valence-electron chi connectivity index (χ3n) is 4.67. The van der Waals surface area contributed by atoms with Crippen LogP contribution in [0.3, 0.4) is 0 Å². The van der Waals surface area contributed by atoms with E-state index in [-0.39, 0.29) is 13.2 Å². The zero-order valence-electron chi connectivity index (χ0n) is 16.1. The van der Waals surface area contributed by atoms with Crippen LogP contribution in [0.1, 0.15) is 11.5 Å². The molecule has 1 saturated heterocycles. The van der Waals surface area contributed by atoms with Crippen molar-refractivity contribution in [1.29, 1.82) is 0 Å². The summed E-state index contributed by atoms with van der Waals surface area (Å²) in [4.78, 5) is 4.44. The van der Waals surface area contributed by atoms with E-state index in [1.807, 2.05) is 24.3 Å². The van der Waals surface area contributed by atoms with Gasteiger partial charge in [-0.15, -0.1) is 0 Å². The molecule has 2 atom stereocenters. The first-order valence-electron chi connectivity index (χ1n) is 9.70. The van der Waals surface area contributed by atoms with Crippen molar-refractivity contribution in [2.75, 3.05) is 52.5 Å². The summed E-state index contributed by atoms with van der Waals surface area (Å²) in [5.41, 5.74) is 0. The number of aliphatic hydroxyl groups is 2. The average Bonchev–Trinajstić information content (AvgIpc) is 3.37. The molecule has 0 radical (unpaired) electrons. The molecule has 2 aromatic rings. The molecule has 0 aromatic carbocycles. The first-order chi connectivity index (χ1) is 13.7. The van der Waals surface area contributed by atoms with Crippen molar-refractivity contribution < 1.29 is 28.5 Å². The summed E-state index contributed by atoms with van der Waals surface area (Å²) in [7, 11) is 0. The summed E-state index contributed by atoms with van der Waals surface area (Å²) in [6.45, 7) is 5.91. The summed E-state index contributed by atoms with van der Waals surface area (Å²) < 4.78 is 21.4. The van der Waals surface area contributed by atoms with Crippen LogP contribution in [0.25, 0.3) is 0 Å². The van der Waals surface area contributed by atoms with Gasteiger partial charge < -0.3 is 28.5 Å². The number of piperazine rings is 1. The fourth-order valence-corrected chi connectivity index (χ4v) is 3.24. The van der Waals surface area contributed by atoms with E-state index in [4.69, 9.17) is 18.3 Å². The Morgan fingerprint density at radius 1 is 0.786 bits per heavy atom. The minimum absolute atomic E-state index is 0.284. The van der Waals surface area contributed by atoms with E-state index in [1.54, 1.807) is 12.5 Å². The fourth-order valence-electron chi connectivity index (χ4n) is 3.24. The highest BCUT2D eigenvalue weighted by Gasteiger charge is 2.21. The lowest BCUT2D eigenvalue weighted by molar-refractivity contribution is -0.0168. The van der Waals surface area contributed by atoms with E-state index in [2.05, 4.69) is 9.80 Å². The van der Waals surface area contributed by atoms with Gasteiger partial charge in [0.05, 0.1) is 37.9 Å². The van der Waals surface area contributed by atoms with Gasteiger partial charge in [-0.25, -0.2) is 0 Å². The molecule has 0 amide bonds. The van der Waals surface area contributed by atoms with E-state index >= 15 is 0 Å². The van der Waals surface area contributed by atoms with Crippen molar-refractivity contribution in [2.24, 2.45) is 0 Å². The van der Waals surface area contributed by atoms with Crippen molar-refractivity contribution in [1.82, 2.24) is 9.80 Å². The van der Waals surface area contributed by atoms with E-state index in [0.717, 1.165) is 37.7 Å². The first kappa shape index (κ1) is 21.0. The second-order valence-corrected chi connectivity index (χ2v) is 7.10. The summed E-state index contributed by atoms with van der Waals surface area (Å²) in [6, 6.07) is 7.33. The molecule has 1 aliphatic heterocycles. The number of hydrogen-bond donors (Lipinski definition) is 2. The number of nitrogens with zero attached hydrogens (tertiary/aromatic N) is 2. The van der Waals surface area contributed by atoms with Gasteiger partial charge in [0.1, 0.15) is 24.7 Å². The molecule has 3 rings (SSSR count). The molecular formula is C20H30N2O6. The lowest BCUT2D eigenvalue weighted by Gasteiger charge is -2.36. The Morgan fingerprint density at radius 3 is 1.57 bits per heavy atom. The smallest absolute Gasteiger partial charge is 0.129 e. The van der Waals surface area contributed by atoms with E-state index in [0.29, 0.717) is 26.3 Å². The maximum absolute atomic E-state index is 10.1. The van der Waals surface area contributed by atoms with E-state index in [9.17, 15) is 10.2 Å². The van der Waals surface area contributed by atoms with Crippen LogP contribution < -0.4 is 0 Å². The predicted octanol–water partition coefficient (Wildman–Crippen LogP) is 0.945. The monoisotopic (exact) mass is 394 g/mol. The van der Waals surface area contributed by atoms with E-state index in [1.165, 1.54) is 0 Å². The second-order valence-electron chi connectivity index (χ2n) is 7.10. The minimum atomic E-state index is -0.526. The first-order valence-corrected chi connectivity index (χ1v) is 9.70. The number of aliphatic hydroxyl groups excluding tert-OH is 2. The standard InChI is InChI=1S/C20H30N2O6/c23-17(13-25-15-19-3-1-9-27-19)11-21-5-7-22(8-6-21)12-18(24)14-26-16-20-4-2-10-28-20/h1-4,9-10,17-18,23-24H,5-8,11-16H2/t17-,18+. The van der Waals surface area contributed by atoms with E-state index < -0.39 is 12.2 Å². The molecule has 2 aromatic heterocycles. The van der Waals surface area contributed by atoms with Crippen LogP contribution in [0.4, 0.5) is 0 Å². The number of β-amino-alcohol motifs (C(OH)–C–C–N with tert-alkyl or cyclic N) is 2. The fraction of sp³-hybridized carbons (Fsp3) is 0.600. The van der Waals surface area contributed by atoms with Crippen molar-refractivity contribution in [3.05, 3.63) is 48.3 Å². The molecular weight excluding hydrogens is 364 g/mol. The Bertz CT molecular complexity index is 569. The molecule has 156 valence electrons. The third-order valence-corrected chi connectivity index (χ3v) is 4.67. The van der Waals surface area contributed by atoms with Gasteiger partial charge in [0.2, 0.25) is 0 Å². The highest BCUT2D eigenvalue weighted by molar-refractivity contribution is 4.96. The van der Waals surface area contributed by atoms with Gasteiger partial charge in [-0.1, -0.05) is 0 Å². The Hall–Kier alpha value is -1.68.